The molecule has 0 amide bonds. The van der Waals surface area contributed by atoms with Crippen LogP contribution in [0.4, 0.5) is 0 Å². The summed E-state index contributed by atoms with van der Waals surface area (Å²) in [5.74, 6) is 0.469. The van der Waals surface area contributed by atoms with Crippen LogP contribution >= 0.6 is 22.9 Å². The highest BCUT2D eigenvalue weighted by atomic mass is 35.5. The van der Waals surface area contributed by atoms with Gasteiger partial charge in [0.2, 0.25) is 0 Å². The molecule has 1 heterocycles. The molecule has 0 bridgehead atoms. The average molecular weight is 294 g/mol. The first-order valence-corrected chi connectivity index (χ1v) is 7.98. The van der Waals surface area contributed by atoms with Crippen molar-refractivity contribution in [1.82, 2.24) is 4.98 Å². The van der Waals surface area contributed by atoms with Crippen molar-refractivity contribution in [3.8, 4) is 10.6 Å². The summed E-state index contributed by atoms with van der Waals surface area (Å²) in [4.78, 5) is 4.55. The Morgan fingerprint density at radius 3 is 2.84 bits per heavy atom. The topological polar surface area (TPSA) is 22.1 Å². The van der Waals surface area contributed by atoms with E-state index >= 15 is 0 Å². The summed E-state index contributed by atoms with van der Waals surface area (Å²) in [5, 5.41) is 3.05. The van der Waals surface area contributed by atoms with Gasteiger partial charge in [-0.3, -0.25) is 0 Å². The highest BCUT2D eigenvalue weighted by Crippen LogP contribution is 2.29. The summed E-state index contributed by atoms with van der Waals surface area (Å²) in [6.07, 6.45) is 4.17. The van der Waals surface area contributed by atoms with Gasteiger partial charge in [-0.05, 0) is 24.8 Å². The van der Waals surface area contributed by atoms with Crippen LogP contribution in [0.15, 0.2) is 29.6 Å². The number of rotatable bonds is 5. The molecule has 4 heteroatoms. The molecule has 1 aromatic carbocycles. The van der Waals surface area contributed by atoms with Gasteiger partial charge in [0.05, 0.1) is 24.3 Å². The number of nitrogens with zero attached hydrogens (tertiary/aromatic N) is 1. The molecule has 1 fully saturated rings. The molecule has 0 spiro atoms. The van der Waals surface area contributed by atoms with Crippen LogP contribution in [0.3, 0.4) is 0 Å². The zero-order chi connectivity index (χ0) is 13.1. The highest BCUT2D eigenvalue weighted by molar-refractivity contribution is 7.13. The monoisotopic (exact) mass is 293 g/mol. The van der Waals surface area contributed by atoms with E-state index in [1.165, 1.54) is 30.4 Å². The Kier molecular flexibility index (Phi) is 4.16. The first kappa shape index (κ1) is 13.1. The third kappa shape index (κ3) is 2.99. The van der Waals surface area contributed by atoms with Gasteiger partial charge in [-0.1, -0.05) is 24.3 Å². The number of benzene rings is 1. The van der Waals surface area contributed by atoms with Gasteiger partial charge >= 0.3 is 0 Å². The van der Waals surface area contributed by atoms with Crippen molar-refractivity contribution in [2.45, 2.75) is 37.9 Å². The maximum Gasteiger partial charge on any atom is 0.124 e. The lowest BCUT2D eigenvalue weighted by molar-refractivity contribution is -0.00847. The van der Waals surface area contributed by atoms with E-state index in [0.717, 1.165) is 10.7 Å². The van der Waals surface area contributed by atoms with Gasteiger partial charge in [0.15, 0.2) is 0 Å². The van der Waals surface area contributed by atoms with Crippen LogP contribution in [0, 0.1) is 0 Å². The second-order valence-corrected chi connectivity index (χ2v) is 5.92. The quantitative estimate of drug-likeness (QED) is 0.751. The summed E-state index contributed by atoms with van der Waals surface area (Å²) in [7, 11) is 0. The smallest absolute Gasteiger partial charge is 0.124 e. The minimum absolute atomic E-state index is 0.461. The lowest BCUT2D eigenvalue weighted by Gasteiger charge is -2.25. The Hall–Kier alpha value is -0.900. The molecular formula is C15H16ClNOS. The van der Waals surface area contributed by atoms with E-state index in [4.69, 9.17) is 16.3 Å². The normalized spacial score (nSPS) is 15.4. The fraction of sp³-hybridized carbons (Fsp3) is 0.400. The van der Waals surface area contributed by atoms with E-state index in [2.05, 4.69) is 23.2 Å². The van der Waals surface area contributed by atoms with Crippen LogP contribution in [-0.4, -0.2) is 11.1 Å². The molecule has 2 aromatic rings. The third-order valence-electron chi connectivity index (χ3n) is 3.46. The molecule has 2 nitrogen and oxygen atoms in total. The van der Waals surface area contributed by atoms with Crippen LogP contribution in [0.2, 0.25) is 0 Å². The van der Waals surface area contributed by atoms with Crippen molar-refractivity contribution in [3.63, 3.8) is 0 Å². The highest BCUT2D eigenvalue weighted by Gasteiger charge is 2.18. The van der Waals surface area contributed by atoms with Crippen LogP contribution in [0.25, 0.3) is 10.6 Å². The summed E-state index contributed by atoms with van der Waals surface area (Å²) in [6, 6.07) is 8.33. The molecule has 0 unspecified atom stereocenters. The minimum atomic E-state index is 0.461. The molecule has 19 heavy (non-hydrogen) atoms. The van der Waals surface area contributed by atoms with Crippen molar-refractivity contribution >= 4 is 22.9 Å². The summed E-state index contributed by atoms with van der Waals surface area (Å²) in [5.41, 5.74) is 3.32. The molecular weight excluding hydrogens is 278 g/mol. The summed E-state index contributed by atoms with van der Waals surface area (Å²) in [6.45, 7) is 0.677. The number of alkyl halides is 1. The molecule has 1 aliphatic rings. The molecule has 0 atom stereocenters. The molecule has 1 aromatic heterocycles. The number of hydrogen-bond acceptors (Lipinski definition) is 3. The van der Waals surface area contributed by atoms with Crippen molar-refractivity contribution in [2.24, 2.45) is 0 Å². The van der Waals surface area contributed by atoms with Crippen LogP contribution < -0.4 is 0 Å². The lowest BCUT2D eigenvalue weighted by Crippen LogP contribution is -2.21. The van der Waals surface area contributed by atoms with Crippen molar-refractivity contribution in [2.75, 3.05) is 0 Å². The molecule has 0 aliphatic heterocycles. The molecule has 3 rings (SSSR count). The minimum Gasteiger partial charge on any atom is -0.374 e. The van der Waals surface area contributed by atoms with Crippen molar-refractivity contribution < 1.29 is 4.74 Å². The maximum absolute atomic E-state index is 5.91. The van der Waals surface area contributed by atoms with E-state index < -0.39 is 0 Å². The fourth-order valence-corrected chi connectivity index (χ4v) is 3.20. The predicted molar refractivity (Wildman–Crippen MR) is 79.5 cm³/mol. The van der Waals surface area contributed by atoms with Gasteiger partial charge < -0.3 is 4.74 Å². The van der Waals surface area contributed by atoms with Gasteiger partial charge in [0, 0.05) is 10.9 Å². The molecule has 0 saturated heterocycles. The Morgan fingerprint density at radius 1 is 1.32 bits per heavy atom. The molecule has 0 radical (unpaired) electrons. The Bertz CT molecular complexity index is 551. The zero-order valence-electron chi connectivity index (χ0n) is 10.6. The number of aromatic nitrogens is 1. The van der Waals surface area contributed by atoms with Crippen molar-refractivity contribution in [1.29, 1.82) is 0 Å². The van der Waals surface area contributed by atoms with E-state index in [1.54, 1.807) is 11.3 Å². The average Bonchev–Trinajstić information content (AvgIpc) is 2.86. The maximum atomic E-state index is 5.91. The van der Waals surface area contributed by atoms with E-state index in [-0.39, 0.29) is 0 Å². The Morgan fingerprint density at radius 2 is 2.16 bits per heavy atom. The Labute approximate surface area is 122 Å². The largest absolute Gasteiger partial charge is 0.374 e. The first-order valence-electron chi connectivity index (χ1n) is 6.57. The van der Waals surface area contributed by atoms with Gasteiger partial charge in [-0.2, -0.15) is 0 Å². The van der Waals surface area contributed by atoms with Gasteiger partial charge in [0.25, 0.3) is 0 Å². The number of halogens is 1. The van der Waals surface area contributed by atoms with Crippen LogP contribution in [-0.2, 0) is 17.2 Å². The molecule has 100 valence electrons. The Balaban J connectivity index is 1.79. The summed E-state index contributed by atoms with van der Waals surface area (Å²) >= 11 is 7.46. The van der Waals surface area contributed by atoms with Crippen LogP contribution in [0.1, 0.15) is 30.5 Å². The lowest BCUT2D eigenvalue weighted by atomic mass is 9.96. The van der Waals surface area contributed by atoms with E-state index in [1.807, 2.05) is 11.4 Å². The van der Waals surface area contributed by atoms with Crippen LogP contribution in [0.5, 0.6) is 0 Å². The van der Waals surface area contributed by atoms with E-state index in [9.17, 15) is 0 Å². The summed E-state index contributed by atoms with van der Waals surface area (Å²) < 4.78 is 5.91. The second kappa shape index (κ2) is 6.04. The molecule has 1 aliphatic carbocycles. The third-order valence-corrected chi connectivity index (χ3v) is 4.66. The molecule has 1 saturated carbocycles. The number of thiazole rings is 1. The number of ether oxygens (including phenoxy) is 1. The predicted octanol–water partition coefficient (Wildman–Crippen LogP) is 4.62. The first-order chi connectivity index (χ1) is 9.36. The molecule has 0 N–H and O–H groups in total. The van der Waals surface area contributed by atoms with Gasteiger partial charge in [-0.25, -0.2) is 4.98 Å². The van der Waals surface area contributed by atoms with Gasteiger partial charge in [-0.15, -0.1) is 22.9 Å². The zero-order valence-corrected chi connectivity index (χ0v) is 12.2. The SMILES string of the molecule is ClCc1csc(-c2ccccc2COC2CCC2)n1. The number of hydrogen-bond donors (Lipinski definition) is 0. The van der Waals surface area contributed by atoms with Crippen molar-refractivity contribution in [3.05, 3.63) is 40.9 Å². The fourth-order valence-electron chi connectivity index (χ4n) is 2.09. The second-order valence-electron chi connectivity index (χ2n) is 4.80. The van der Waals surface area contributed by atoms with Gasteiger partial charge in [0.1, 0.15) is 5.01 Å². The standard InChI is InChI=1S/C15H16ClNOS/c16-8-12-10-19-15(17-12)14-7-2-1-4-11(14)9-18-13-5-3-6-13/h1-2,4,7,10,13H,3,5-6,8-9H2. The van der Waals surface area contributed by atoms with E-state index in [0.29, 0.717) is 18.6 Å².